The van der Waals surface area contributed by atoms with Crippen molar-refractivity contribution in [3.8, 4) is 0 Å². The smallest absolute Gasteiger partial charge is 0.151 e. The van der Waals surface area contributed by atoms with Crippen molar-refractivity contribution in [3.05, 3.63) is 0 Å². The third kappa shape index (κ3) is 21.4. The zero-order chi connectivity index (χ0) is 36.6. The van der Waals surface area contributed by atoms with Gasteiger partial charge in [0.2, 0.25) is 0 Å². The number of aldehydes is 4. The Bertz CT molecular complexity index is 712. The van der Waals surface area contributed by atoms with E-state index in [-0.39, 0.29) is 25.1 Å². The van der Waals surface area contributed by atoms with Crippen LogP contribution in [0, 0.1) is 0 Å². The highest BCUT2D eigenvalue weighted by Gasteiger charge is 2.30. The molecule has 0 bridgehead atoms. The molecule has 0 aliphatic rings. The van der Waals surface area contributed by atoms with Crippen LogP contribution in [0.4, 0.5) is 0 Å². The second-order valence-electron chi connectivity index (χ2n) is 8.93. The predicted octanol–water partition coefficient (Wildman–Crippen LogP) is -11.8. The monoisotopic (exact) mass is 674 g/mol. The minimum absolute atomic E-state index is 0.0258. The van der Waals surface area contributed by atoms with E-state index in [1.165, 1.54) is 6.92 Å². The number of aliphatic hydroxyl groups is 18. The number of carbonyl (C=O) groups excluding carboxylic acids is 4. The summed E-state index contributed by atoms with van der Waals surface area (Å²) in [5.41, 5.74) is 0. The van der Waals surface area contributed by atoms with Crippen LogP contribution in [0.1, 0.15) is 6.92 Å². The maximum Gasteiger partial charge on any atom is 0.151 e. The maximum absolute atomic E-state index is 9.90. The number of hydrogen-bond acceptors (Lipinski definition) is 22. The topological polar surface area (TPSA) is 432 Å². The van der Waals surface area contributed by atoms with E-state index in [0.717, 1.165) is 0 Å². The Kier molecular flexibility index (Phi) is 31.2. The first-order valence-electron chi connectivity index (χ1n) is 12.6. The average Bonchev–Trinajstić information content (AvgIpc) is 3.06. The van der Waals surface area contributed by atoms with E-state index in [1.807, 2.05) is 0 Å². The van der Waals surface area contributed by atoms with Crippen molar-refractivity contribution in [2.75, 3.05) is 19.8 Å². The second-order valence-corrected chi connectivity index (χ2v) is 8.93. The predicted molar refractivity (Wildman–Crippen MR) is 141 cm³/mol. The van der Waals surface area contributed by atoms with Crippen molar-refractivity contribution in [3.63, 3.8) is 0 Å². The van der Waals surface area contributed by atoms with Gasteiger partial charge in [0.15, 0.2) is 25.1 Å². The van der Waals surface area contributed by atoms with Crippen molar-refractivity contribution >= 4 is 25.1 Å². The van der Waals surface area contributed by atoms with E-state index >= 15 is 0 Å². The van der Waals surface area contributed by atoms with E-state index in [9.17, 15) is 19.2 Å². The Morgan fingerprint density at radius 2 is 0.556 bits per heavy atom. The molecule has 22 heteroatoms. The Morgan fingerprint density at radius 1 is 0.356 bits per heavy atom. The first-order valence-corrected chi connectivity index (χ1v) is 12.6. The van der Waals surface area contributed by atoms with Gasteiger partial charge in [0.25, 0.3) is 0 Å². The summed E-state index contributed by atoms with van der Waals surface area (Å²) in [5, 5.41) is 156. The van der Waals surface area contributed by atoms with Crippen LogP contribution < -0.4 is 0 Å². The van der Waals surface area contributed by atoms with Crippen molar-refractivity contribution < 1.29 is 111 Å². The highest BCUT2D eigenvalue weighted by molar-refractivity contribution is 5.57. The standard InChI is InChI=1S/2C6H12O6.C6H12O5.C5H10O5/c2*7-1-3(9)5(11)6(12)4(10)2-8;1-3(8)5(10)6(11)4(9)2-7;6-1-3(8)5(10)4(9)2-7/h2*1,3-6,8-12H,2H2;2-6,8-11H,1H3;1,3-5,7-10H,2H2. The Morgan fingerprint density at radius 3 is 0.756 bits per heavy atom. The van der Waals surface area contributed by atoms with Gasteiger partial charge in [-0.25, -0.2) is 0 Å². The molecule has 45 heavy (non-hydrogen) atoms. The Labute approximate surface area is 255 Å². The number of rotatable bonds is 18. The second kappa shape index (κ2) is 28.2. The molecule has 15 atom stereocenters. The molecule has 0 aromatic rings. The van der Waals surface area contributed by atoms with Crippen molar-refractivity contribution in [2.24, 2.45) is 0 Å². The van der Waals surface area contributed by atoms with Gasteiger partial charge >= 0.3 is 0 Å². The normalized spacial score (nSPS) is 21.0. The van der Waals surface area contributed by atoms with E-state index in [0.29, 0.717) is 0 Å². The molecule has 0 saturated heterocycles. The quantitative estimate of drug-likeness (QED) is 0.0600. The van der Waals surface area contributed by atoms with E-state index in [4.69, 9.17) is 91.9 Å². The Hall–Kier alpha value is -2.04. The zero-order valence-electron chi connectivity index (χ0n) is 23.8. The van der Waals surface area contributed by atoms with Gasteiger partial charge in [-0.1, -0.05) is 0 Å². The molecule has 0 heterocycles. The summed E-state index contributed by atoms with van der Waals surface area (Å²) in [6.45, 7) is -0.967. The van der Waals surface area contributed by atoms with Crippen molar-refractivity contribution in [2.45, 2.75) is 98.5 Å². The van der Waals surface area contributed by atoms with Gasteiger partial charge in [-0.2, -0.15) is 0 Å². The van der Waals surface area contributed by atoms with Crippen LogP contribution in [0.15, 0.2) is 0 Å². The molecule has 0 fully saturated rings. The molecule has 18 N–H and O–H groups in total. The first-order chi connectivity index (χ1) is 20.7. The molecule has 0 aromatic heterocycles. The van der Waals surface area contributed by atoms with Crippen LogP contribution in [0.2, 0.25) is 0 Å². The van der Waals surface area contributed by atoms with Crippen LogP contribution >= 0.6 is 0 Å². The van der Waals surface area contributed by atoms with Crippen LogP contribution in [0.3, 0.4) is 0 Å². The summed E-state index contributed by atoms with van der Waals surface area (Å²) in [5.74, 6) is 0. The van der Waals surface area contributed by atoms with Gasteiger partial charge in [0.05, 0.1) is 25.9 Å². The third-order valence-corrected chi connectivity index (χ3v) is 5.25. The fourth-order valence-electron chi connectivity index (χ4n) is 2.22. The summed E-state index contributed by atoms with van der Waals surface area (Å²) < 4.78 is 0. The SMILES string of the molecule is CC(O)C(O)C(O)C(O)C=O.O=CC(O)C(O)C(O)C(O)CO.O=CC(O)C(O)C(O)C(O)CO.O=CC(O)C(O)C(O)CO. The van der Waals surface area contributed by atoms with Gasteiger partial charge < -0.3 is 111 Å². The van der Waals surface area contributed by atoms with Crippen molar-refractivity contribution in [1.82, 2.24) is 0 Å². The van der Waals surface area contributed by atoms with Gasteiger partial charge in [0, 0.05) is 0 Å². The largest absolute Gasteiger partial charge is 0.394 e. The zero-order valence-corrected chi connectivity index (χ0v) is 23.8. The lowest BCUT2D eigenvalue weighted by Gasteiger charge is -2.22. The fraction of sp³-hybridized carbons (Fsp3) is 0.826. The van der Waals surface area contributed by atoms with Gasteiger partial charge in [-0.15, -0.1) is 0 Å². The molecule has 22 nitrogen and oxygen atoms in total. The Balaban J connectivity index is -0.000000250. The molecular weight excluding hydrogens is 628 g/mol. The molecule has 0 amide bonds. The van der Waals surface area contributed by atoms with Gasteiger partial charge in [0.1, 0.15) is 85.5 Å². The van der Waals surface area contributed by atoms with E-state index in [2.05, 4.69) is 0 Å². The molecule has 0 aliphatic carbocycles. The molecule has 270 valence electrons. The van der Waals surface area contributed by atoms with Crippen LogP contribution in [0.25, 0.3) is 0 Å². The summed E-state index contributed by atoms with van der Waals surface area (Å²) in [7, 11) is 0. The van der Waals surface area contributed by atoms with Gasteiger partial charge in [-0.05, 0) is 6.92 Å². The van der Waals surface area contributed by atoms with Gasteiger partial charge in [-0.3, -0.25) is 0 Å². The summed E-state index contributed by atoms with van der Waals surface area (Å²) >= 11 is 0. The van der Waals surface area contributed by atoms with Crippen LogP contribution in [-0.2, 0) is 19.2 Å². The summed E-state index contributed by atoms with van der Waals surface area (Å²) in [6, 6.07) is 0. The molecule has 0 aliphatic heterocycles. The molecule has 0 radical (unpaired) electrons. The highest BCUT2D eigenvalue weighted by Crippen LogP contribution is 2.04. The number of carbonyl (C=O) groups is 4. The van der Waals surface area contributed by atoms with Crippen LogP contribution in [0.5, 0.6) is 0 Å². The average molecular weight is 675 g/mol. The lowest BCUT2D eigenvalue weighted by Crippen LogP contribution is -2.46. The fourth-order valence-corrected chi connectivity index (χ4v) is 2.22. The minimum Gasteiger partial charge on any atom is -0.394 e. The molecular formula is C23H46O22. The molecule has 0 rings (SSSR count). The molecule has 0 spiro atoms. The minimum atomic E-state index is -1.79. The molecule has 15 unspecified atom stereocenters. The van der Waals surface area contributed by atoms with Crippen molar-refractivity contribution in [1.29, 1.82) is 0 Å². The number of aliphatic hydroxyl groups excluding tert-OH is 18. The summed E-state index contributed by atoms with van der Waals surface area (Å²) in [4.78, 5) is 39.4. The van der Waals surface area contributed by atoms with E-state index in [1.54, 1.807) is 0 Å². The molecule has 0 saturated carbocycles. The maximum atomic E-state index is 9.90. The third-order valence-electron chi connectivity index (χ3n) is 5.25. The highest BCUT2D eigenvalue weighted by atomic mass is 16.4. The summed E-state index contributed by atoms with van der Waals surface area (Å²) in [6.07, 6.45) is -24.2. The first kappa shape index (κ1) is 49.8. The van der Waals surface area contributed by atoms with E-state index < -0.39 is 111 Å². The lowest BCUT2D eigenvalue weighted by atomic mass is 10.0. The van der Waals surface area contributed by atoms with Crippen LogP contribution in [-0.4, -0.2) is 228 Å². The molecule has 0 aromatic carbocycles. The number of hydrogen-bond donors (Lipinski definition) is 18. The lowest BCUT2D eigenvalue weighted by molar-refractivity contribution is -0.136.